The summed E-state index contributed by atoms with van der Waals surface area (Å²) in [6, 6.07) is 15.8. The van der Waals surface area contributed by atoms with Crippen LogP contribution in [0, 0.1) is 0 Å². The highest BCUT2D eigenvalue weighted by Gasteiger charge is 2.33. The second kappa shape index (κ2) is 7.91. The predicted octanol–water partition coefficient (Wildman–Crippen LogP) is 4.40. The molecule has 3 nitrogen and oxygen atoms in total. The molecule has 24 heavy (non-hydrogen) atoms. The fraction of sp³-hybridized carbons (Fsp3) is 0.278. The number of fused-ring (bicyclic) bond motifs is 1. The fourth-order valence-electron chi connectivity index (χ4n) is 2.73. The number of halogens is 2. The zero-order valence-electron chi connectivity index (χ0n) is 13.3. The molecule has 0 bridgehead atoms. The Morgan fingerprint density at radius 3 is 2.62 bits per heavy atom. The lowest BCUT2D eigenvalue weighted by Crippen LogP contribution is -2.50. The van der Waals surface area contributed by atoms with Crippen LogP contribution in [0.2, 0.25) is 0 Å². The van der Waals surface area contributed by atoms with Crippen molar-refractivity contribution in [3.8, 4) is 0 Å². The summed E-state index contributed by atoms with van der Waals surface area (Å²) in [6.07, 6.45) is 0.920. The van der Waals surface area contributed by atoms with Crippen molar-refractivity contribution < 1.29 is 4.79 Å². The largest absolute Gasteiger partial charge is 0.347 e. The molecule has 3 rings (SSSR count). The molecule has 2 atom stereocenters. The number of nitrogens with one attached hydrogen (secondary N) is 1. The standard InChI is InChI=1S/C18H19BrN2OS.ClH/c1-18(20,12-6-8-13(19)9-7-12)17(22)21-15-10-11-23-16-5-3-2-4-14(15)16;/h2-9,15H,10-11,20H2,1H3,(H,21,22);1H. The normalized spacial score (nSPS) is 18.7. The van der Waals surface area contributed by atoms with Gasteiger partial charge in [0.2, 0.25) is 5.91 Å². The van der Waals surface area contributed by atoms with Crippen LogP contribution in [0.5, 0.6) is 0 Å². The second-order valence-corrected chi connectivity index (χ2v) is 7.96. The van der Waals surface area contributed by atoms with Gasteiger partial charge in [-0.25, -0.2) is 0 Å². The Labute approximate surface area is 161 Å². The number of rotatable bonds is 3. The van der Waals surface area contributed by atoms with Crippen molar-refractivity contribution in [2.24, 2.45) is 5.73 Å². The van der Waals surface area contributed by atoms with Gasteiger partial charge in [0.25, 0.3) is 0 Å². The minimum atomic E-state index is -1.06. The number of hydrogen-bond acceptors (Lipinski definition) is 3. The summed E-state index contributed by atoms with van der Waals surface area (Å²) in [6.45, 7) is 1.76. The summed E-state index contributed by atoms with van der Waals surface area (Å²) in [4.78, 5) is 14.0. The van der Waals surface area contributed by atoms with Crippen LogP contribution in [0.15, 0.2) is 57.9 Å². The van der Waals surface area contributed by atoms with Gasteiger partial charge in [0.1, 0.15) is 5.54 Å². The minimum absolute atomic E-state index is 0. The Hall–Kier alpha value is -1.01. The third kappa shape index (κ3) is 3.97. The van der Waals surface area contributed by atoms with Gasteiger partial charge in [-0.2, -0.15) is 0 Å². The minimum Gasteiger partial charge on any atom is -0.347 e. The molecule has 0 saturated carbocycles. The van der Waals surface area contributed by atoms with E-state index in [1.54, 1.807) is 6.92 Å². The summed E-state index contributed by atoms with van der Waals surface area (Å²) in [5.41, 5.74) is 7.27. The molecule has 0 aliphatic carbocycles. The molecule has 3 N–H and O–H groups in total. The zero-order chi connectivity index (χ0) is 16.4. The lowest BCUT2D eigenvalue weighted by Gasteiger charge is -2.30. The first-order valence-electron chi connectivity index (χ1n) is 7.56. The molecule has 2 unspecified atom stereocenters. The van der Waals surface area contributed by atoms with Crippen molar-refractivity contribution in [1.82, 2.24) is 5.32 Å². The van der Waals surface area contributed by atoms with E-state index < -0.39 is 5.54 Å². The van der Waals surface area contributed by atoms with E-state index in [4.69, 9.17) is 5.73 Å². The Bertz CT molecular complexity index is 721. The predicted molar refractivity (Wildman–Crippen MR) is 106 cm³/mol. The zero-order valence-corrected chi connectivity index (χ0v) is 16.5. The van der Waals surface area contributed by atoms with Gasteiger partial charge >= 0.3 is 0 Å². The van der Waals surface area contributed by atoms with E-state index in [0.29, 0.717) is 0 Å². The van der Waals surface area contributed by atoms with Gasteiger partial charge < -0.3 is 11.1 Å². The molecule has 1 aliphatic heterocycles. The maximum absolute atomic E-state index is 12.8. The molecule has 6 heteroatoms. The first-order chi connectivity index (χ1) is 11.0. The number of benzene rings is 2. The Morgan fingerprint density at radius 2 is 1.92 bits per heavy atom. The Kier molecular flexibility index (Phi) is 6.37. The molecule has 0 spiro atoms. The van der Waals surface area contributed by atoms with E-state index >= 15 is 0 Å². The van der Waals surface area contributed by atoms with Gasteiger partial charge in [-0.1, -0.05) is 46.3 Å². The van der Waals surface area contributed by atoms with Crippen molar-refractivity contribution in [3.63, 3.8) is 0 Å². The number of carbonyl (C=O) groups excluding carboxylic acids is 1. The van der Waals surface area contributed by atoms with Gasteiger partial charge in [0.15, 0.2) is 0 Å². The monoisotopic (exact) mass is 426 g/mol. The van der Waals surface area contributed by atoms with E-state index in [2.05, 4.69) is 33.4 Å². The SMILES string of the molecule is CC(N)(C(=O)NC1CCSc2ccccc21)c1ccc(Br)cc1.Cl. The molecular weight excluding hydrogens is 408 g/mol. The highest BCUT2D eigenvalue weighted by molar-refractivity contribution is 9.10. The topological polar surface area (TPSA) is 55.1 Å². The summed E-state index contributed by atoms with van der Waals surface area (Å²) in [5, 5.41) is 3.14. The molecule has 2 aromatic rings. The van der Waals surface area contributed by atoms with Crippen LogP contribution in [0.25, 0.3) is 0 Å². The van der Waals surface area contributed by atoms with Gasteiger partial charge in [0.05, 0.1) is 6.04 Å². The lowest BCUT2D eigenvalue weighted by atomic mass is 9.91. The van der Waals surface area contributed by atoms with Crippen LogP contribution in [0.1, 0.15) is 30.5 Å². The van der Waals surface area contributed by atoms with E-state index in [0.717, 1.165) is 22.2 Å². The molecule has 128 valence electrons. The van der Waals surface area contributed by atoms with Gasteiger partial charge in [0, 0.05) is 15.1 Å². The number of thioether (sulfide) groups is 1. The van der Waals surface area contributed by atoms with E-state index in [1.807, 2.05) is 48.2 Å². The Morgan fingerprint density at radius 1 is 1.25 bits per heavy atom. The number of nitrogens with two attached hydrogens (primary N) is 1. The molecule has 0 saturated heterocycles. The number of hydrogen-bond donors (Lipinski definition) is 2. The van der Waals surface area contributed by atoms with Crippen molar-refractivity contribution >= 4 is 46.0 Å². The van der Waals surface area contributed by atoms with E-state index in [-0.39, 0.29) is 24.4 Å². The summed E-state index contributed by atoms with van der Waals surface area (Å²) in [5.74, 6) is 0.855. The third-order valence-electron chi connectivity index (χ3n) is 4.18. The van der Waals surface area contributed by atoms with Crippen molar-refractivity contribution in [2.75, 3.05) is 5.75 Å². The summed E-state index contributed by atoms with van der Waals surface area (Å²) < 4.78 is 0.968. The van der Waals surface area contributed by atoms with Crippen LogP contribution in [-0.4, -0.2) is 11.7 Å². The summed E-state index contributed by atoms with van der Waals surface area (Å²) in [7, 11) is 0. The molecule has 2 aromatic carbocycles. The molecule has 1 heterocycles. The molecule has 1 amide bonds. The maximum atomic E-state index is 12.8. The van der Waals surface area contributed by atoms with Gasteiger partial charge in [-0.3, -0.25) is 4.79 Å². The highest BCUT2D eigenvalue weighted by Crippen LogP contribution is 2.36. The van der Waals surface area contributed by atoms with Crippen LogP contribution < -0.4 is 11.1 Å². The van der Waals surface area contributed by atoms with Crippen molar-refractivity contribution in [3.05, 3.63) is 64.1 Å². The van der Waals surface area contributed by atoms with Gasteiger partial charge in [-0.05, 0) is 42.7 Å². The number of carbonyl (C=O) groups is 1. The van der Waals surface area contributed by atoms with E-state index in [1.165, 1.54) is 10.5 Å². The quantitative estimate of drug-likeness (QED) is 0.763. The first kappa shape index (κ1) is 19.3. The fourth-order valence-corrected chi connectivity index (χ4v) is 4.12. The van der Waals surface area contributed by atoms with Crippen LogP contribution in [-0.2, 0) is 10.3 Å². The second-order valence-electron chi connectivity index (χ2n) is 5.91. The molecule has 0 fully saturated rings. The summed E-state index contributed by atoms with van der Waals surface area (Å²) >= 11 is 5.24. The van der Waals surface area contributed by atoms with E-state index in [9.17, 15) is 4.79 Å². The third-order valence-corrected chi connectivity index (χ3v) is 5.83. The average Bonchev–Trinajstić information content (AvgIpc) is 2.55. The lowest BCUT2D eigenvalue weighted by molar-refractivity contribution is -0.126. The number of amides is 1. The van der Waals surface area contributed by atoms with Crippen molar-refractivity contribution in [2.45, 2.75) is 29.8 Å². The van der Waals surface area contributed by atoms with Crippen molar-refractivity contribution in [1.29, 1.82) is 0 Å². The first-order valence-corrected chi connectivity index (χ1v) is 9.34. The van der Waals surface area contributed by atoms with Gasteiger partial charge in [-0.15, -0.1) is 24.2 Å². The average molecular weight is 428 g/mol. The smallest absolute Gasteiger partial charge is 0.244 e. The van der Waals surface area contributed by atoms with Crippen LogP contribution >= 0.6 is 40.1 Å². The Balaban J connectivity index is 0.00000208. The maximum Gasteiger partial charge on any atom is 0.244 e. The molecule has 0 radical (unpaired) electrons. The molecule has 0 aromatic heterocycles. The van der Waals surface area contributed by atoms with Crippen LogP contribution in [0.3, 0.4) is 0 Å². The van der Waals surface area contributed by atoms with Crippen LogP contribution in [0.4, 0.5) is 0 Å². The molecular formula is C18H20BrClN2OS. The molecule has 1 aliphatic rings. The highest BCUT2D eigenvalue weighted by atomic mass is 79.9.